The van der Waals surface area contributed by atoms with Crippen molar-refractivity contribution in [3.05, 3.63) is 58.7 Å². The average molecular weight is 293 g/mol. The Labute approximate surface area is 130 Å². The van der Waals surface area contributed by atoms with Crippen LogP contribution in [0.5, 0.6) is 5.75 Å². The van der Waals surface area contributed by atoms with Gasteiger partial charge in [0.25, 0.3) is 5.91 Å². The third-order valence-electron chi connectivity index (χ3n) is 4.89. The number of hydrogen-bond acceptors (Lipinski definition) is 2. The van der Waals surface area contributed by atoms with Gasteiger partial charge in [-0.15, -0.1) is 0 Å². The summed E-state index contributed by atoms with van der Waals surface area (Å²) in [5, 5.41) is 0. The summed E-state index contributed by atoms with van der Waals surface area (Å²) in [5.74, 6) is 1.00. The highest BCUT2D eigenvalue weighted by Gasteiger charge is 2.37. The highest BCUT2D eigenvalue weighted by molar-refractivity contribution is 6.09. The van der Waals surface area contributed by atoms with Crippen LogP contribution in [0.4, 0.5) is 5.69 Å². The van der Waals surface area contributed by atoms with Gasteiger partial charge in [0.05, 0.1) is 7.11 Å². The molecule has 0 N–H and O–H groups in total. The first-order valence-corrected chi connectivity index (χ1v) is 7.78. The Morgan fingerprint density at radius 1 is 1.18 bits per heavy atom. The van der Waals surface area contributed by atoms with E-state index in [0.717, 1.165) is 47.4 Å². The van der Waals surface area contributed by atoms with Gasteiger partial charge in [-0.3, -0.25) is 4.79 Å². The van der Waals surface area contributed by atoms with E-state index < -0.39 is 0 Å². The van der Waals surface area contributed by atoms with E-state index in [1.165, 1.54) is 5.56 Å². The molecule has 0 bridgehead atoms. The first kappa shape index (κ1) is 13.4. The third-order valence-corrected chi connectivity index (χ3v) is 4.89. The Morgan fingerprint density at radius 2 is 2.00 bits per heavy atom. The molecule has 2 aromatic rings. The lowest BCUT2D eigenvalue weighted by Gasteiger charge is -2.23. The number of nitrogens with zero attached hydrogens (tertiary/aromatic N) is 1. The normalized spacial score (nSPS) is 19.3. The first-order valence-electron chi connectivity index (χ1n) is 7.78. The zero-order valence-electron chi connectivity index (χ0n) is 12.9. The standard InChI is InChI=1S/C19H19NO2/c1-12-9-16-13(11-18(12)22-2)7-8-15-10-14-5-3-4-6-17(14)20(15)19(16)21/h3-6,9,11,15H,7-8,10H2,1-2H3/t15-/m1/s1. The molecule has 2 aliphatic rings. The van der Waals surface area contributed by atoms with Crippen molar-refractivity contribution in [1.29, 1.82) is 0 Å². The smallest absolute Gasteiger partial charge is 0.258 e. The Kier molecular flexibility index (Phi) is 2.96. The molecule has 2 aromatic carbocycles. The number of para-hydroxylation sites is 1. The Balaban J connectivity index is 1.84. The molecule has 4 rings (SSSR count). The predicted octanol–water partition coefficient (Wildman–Crippen LogP) is 3.52. The number of benzene rings is 2. The topological polar surface area (TPSA) is 29.5 Å². The van der Waals surface area contributed by atoms with Crippen LogP contribution in [0.1, 0.15) is 33.5 Å². The molecule has 0 saturated heterocycles. The molecule has 0 radical (unpaired) electrons. The molecule has 22 heavy (non-hydrogen) atoms. The molecule has 3 heteroatoms. The van der Waals surface area contributed by atoms with Crippen molar-refractivity contribution in [2.75, 3.05) is 12.0 Å². The van der Waals surface area contributed by atoms with Crippen LogP contribution in [0.3, 0.4) is 0 Å². The fraction of sp³-hybridized carbons (Fsp3) is 0.316. The minimum atomic E-state index is 0.133. The summed E-state index contributed by atoms with van der Waals surface area (Å²) >= 11 is 0. The van der Waals surface area contributed by atoms with E-state index in [9.17, 15) is 4.79 Å². The molecule has 0 spiro atoms. The number of methoxy groups -OCH3 is 1. The minimum Gasteiger partial charge on any atom is -0.496 e. The van der Waals surface area contributed by atoms with E-state index in [0.29, 0.717) is 0 Å². The summed E-state index contributed by atoms with van der Waals surface area (Å²) in [6, 6.07) is 12.6. The predicted molar refractivity (Wildman–Crippen MR) is 86.8 cm³/mol. The molecule has 0 saturated carbocycles. The molecule has 2 aliphatic heterocycles. The monoisotopic (exact) mass is 293 g/mol. The number of carbonyl (C=O) groups excluding carboxylic acids is 1. The van der Waals surface area contributed by atoms with Crippen molar-refractivity contribution < 1.29 is 9.53 Å². The second-order valence-electron chi connectivity index (χ2n) is 6.18. The van der Waals surface area contributed by atoms with Gasteiger partial charge in [-0.05, 0) is 61.1 Å². The Bertz CT molecular complexity index is 766. The highest BCUT2D eigenvalue weighted by Crippen LogP contribution is 2.38. The number of ether oxygens (including phenoxy) is 1. The minimum absolute atomic E-state index is 0.133. The number of amides is 1. The largest absolute Gasteiger partial charge is 0.496 e. The van der Waals surface area contributed by atoms with Crippen LogP contribution in [0.15, 0.2) is 36.4 Å². The van der Waals surface area contributed by atoms with Gasteiger partial charge in [0.15, 0.2) is 0 Å². The van der Waals surface area contributed by atoms with Crippen molar-refractivity contribution in [3.8, 4) is 5.75 Å². The quantitative estimate of drug-likeness (QED) is 0.805. The second kappa shape index (κ2) is 4.87. The molecule has 1 amide bonds. The molecular weight excluding hydrogens is 274 g/mol. The van der Waals surface area contributed by atoms with Crippen molar-refractivity contribution in [2.45, 2.75) is 32.2 Å². The van der Waals surface area contributed by atoms with Crippen LogP contribution in [0.2, 0.25) is 0 Å². The molecule has 0 aromatic heterocycles. The van der Waals surface area contributed by atoms with Gasteiger partial charge in [-0.25, -0.2) is 0 Å². The first-order chi connectivity index (χ1) is 10.7. The summed E-state index contributed by atoms with van der Waals surface area (Å²) in [7, 11) is 1.68. The van der Waals surface area contributed by atoms with Gasteiger partial charge >= 0.3 is 0 Å². The lowest BCUT2D eigenvalue weighted by atomic mass is 9.98. The number of carbonyl (C=O) groups is 1. The summed E-state index contributed by atoms with van der Waals surface area (Å²) in [5.41, 5.74) is 5.32. The molecule has 1 atom stereocenters. The van der Waals surface area contributed by atoms with E-state index >= 15 is 0 Å². The summed E-state index contributed by atoms with van der Waals surface area (Å²) in [6.45, 7) is 1.99. The number of hydrogen-bond donors (Lipinski definition) is 0. The van der Waals surface area contributed by atoms with Gasteiger partial charge in [0.2, 0.25) is 0 Å². The van der Waals surface area contributed by atoms with Crippen LogP contribution >= 0.6 is 0 Å². The SMILES string of the molecule is COc1cc2c(cc1C)C(=O)N1c3ccccc3C[C@H]1CC2. The lowest BCUT2D eigenvalue weighted by molar-refractivity contribution is 0.0981. The number of aryl methyl sites for hydroxylation is 2. The van der Waals surface area contributed by atoms with Gasteiger partial charge in [-0.2, -0.15) is 0 Å². The van der Waals surface area contributed by atoms with Crippen LogP contribution in [-0.2, 0) is 12.8 Å². The summed E-state index contributed by atoms with van der Waals surface area (Å²) in [4.78, 5) is 15.1. The maximum absolute atomic E-state index is 13.1. The van der Waals surface area contributed by atoms with E-state index in [4.69, 9.17) is 4.74 Å². The summed E-state index contributed by atoms with van der Waals surface area (Å²) in [6.07, 6.45) is 2.89. The van der Waals surface area contributed by atoms with Crippen LogP contribution in [0.25, 0.3) is 0 Å². The van der Waals surface area contributed by atoms with Gasteiger partial charge < -0.3 is 9.64 Å². The Hall–Kier alpha value is -2.29. The van der Waals surface area contributed by atoms with Crippen molar-refractivity contribution >= 4 is 11.6 Å². The molecule has 0 aliphatic carbocycles. The maximum atomic E-state index is 13.1. The number of rotatable bonds is 1. The van der Waals surface area contributed by atoms with Gasteiger partial charge in [0.1, 0.15) is 5.75 Å². The van der Waals surface area contributed by atoms with E-state index in [-0.39, 0.29) is 11.9 Å². The van der Waals surface area contributed by atoms with Crippen LogP contribution in [-0.4, -0.2) is 19.1 Å². The van der Waals surface area contributed by atoms with Crippen LogP contribution in [0, 0.1) is 6.92 Å². The third kappa shape index (κ3) is 1.85. The molecule has 0 fully saturated rings. The second-order valence-corrected chi connectivity index (χ2v) is 6.18. The van der Waals surface area contributed by atoms with E-state index in [1.807, 2.05) is 30.0 Å². The molecule has 0 unspecified atom stereocenters. The van der Waals surface area contributed by atoms with Gasteiger partial charge in [-0.1, -0.05) is 18.2 Å². The molecule has 3 nitrogen and oxygen atoms in total. The van der Waals surface area contributed by atoms with Crippen molar-refractivity contribution in [1.82, 2.24) is 0 Å². The molecule has 2 heterocycles. The number of fused-ring (bicyclic) bond motifs is 4. The lowest BCUT2D eigenvalue weighted by Crippen LogP contribution is -2.36. The fourth-order valence-corrected chi connectivity index (χ4v) is 3.77. The van der Waals surface area contributed by atoms with Gasteiger partial charge in [0, 0.05) is 17.3 Å². The summed E-state index contributed by atoms with van der Waals surface area (Å²) < 4.78 is 5.41. The van der Waals surface area contributed by atoms with Crippen molar-refractivity contribution in [3.63, 3.8) is 0 Å². The van der Waals surface area contributed by atoms with E-state index in [2.05, 4.69) is 18.2 Å². The Morgan fingerprint density at radius 3 is 2.82 bits per heavy atom. The van der Waals surface area contributed by atoms with Crippen molar-refractivity contribution in [2.24, 2.45) is 0 Å². The molecule has 112 valence electrons. The average Bonchev–Trinajstić information content (AvgIpc) is 2.85. The zero-order valence-corrected chi connectivity index (χ0v) is 12.9. The molecular formula is C19H19NO2. The highest BCUT2D eigenvalue weighted by atomic mass is 16.5. The zero-order chi connectivity index (χ0) is 15.3. The van der Waals surface area contributed by atoms with Crippen LogP contribution < -0.4 is 9.64 Å². The van der Waals surface area contributed by atoms with E-state index in [1.54, 1.807) is 7.11 Å². The number of anilines is 1. The fourth-order valence-electron chi connectivity index (χ4n) is 3.77. The maximum Gasteiger partial charge on any atom is 0.258 e.